The molecule has 2 rings (SSSR count). The highest BCUT2D eigenvalue weighted by atomic mass is 14.9. The number of benzene rings is 2. The lowest BCUT2D eigenvalue weighted by Gasteiger charge is -2.18. The topological polar surface area (TPSA) is 12.0 Å². The number of nitrogens with one attached hydrogen (secondary N) is 1. The van der Waals surface area contributed by atoms with Crippen molar-refractivity contribution >= 4 is 0 Å². The minimum Gasteiger partial charge on any atom is -0.316 e. The molecule has 2 aromatic carbocycles. The van der Waals surface area contributed by atoms with Gasteiger partial charge in [0.15, 0.2) is 0 Å². The lowest BCUT2D eigenvalue weighted by atomic mass is 9.97. The van der Waals surface area contributed by atoms with E-state index in [4.69, 9.17) is 0 Å². The Kier molecular flexibility index (Phi) is 7.05. The molecule has 2 aromatic rings. The monoisotopic (exact) mass is 323 g/mol. The fraction of sp³-hybridized carbons (Fsp3) is 0.478. The maximum Gasteiger partial charge on any atom is -0.0000126 e. The zero-order valence-corrected chi connectivity index (χ0v) is 15.9. The molecule has 0 aliphatic carbocycles. The normalized spacial score (nSPS) is 11.7. The van der Waals surface area contributed by atoms with Crippen molar-refractivity contribution in [1.29, 1.82) is 0 Å². The van der Waals surface area contributed by atoms with Crippen LogP contribution in [0.15, 0.2) is 48.5 Å². The molecule has 0 radical (unpaired) electrons. The van der Waals surface area contributed by atoms with Crippen molar-refractivity contribution in [2.45, 2.75) is 53.4 Å². The van der Waals surface area contributed by atoms with Gasteiger partial charge in [-0.2, -0.15) is 0 Å². The summed E-state index contributed by atoms with van der Waals surface area (Å²) in [6.45, 7) is 11.2. The molecule has 0 unspecified atom stereocenters. The van der Waals surface area contributed by atoms with Crippen LogP contribution in [0.4, 0.5) is 0 Å². The first-order valence-electron chi connectivity index (χ1n) is 9.27. The van der Waals surface area contributed by atoms with Gasteiger partial charge in [0.2, 0.25) is 0 Å². The predicted molar refractivity (Wildman–Crippen MR) is 106 cm³/mol. The van der Waals surface area contributed by atoms with Gasteiger partial charge in [0.25, 0.3) is 0 Å². The predicted octanol–water partition coefficient (Wildman–Crippen LogP) is 5.54. The molecule has 1 nitrogen and oxygen atoms in total. The average Bonchev–Trinajstić information content (AvgIpc) is 2.53. The van der Waals surface area contributed by atoms with E-state index in [0.29, 0.717) is 5.41 Å². The molecular weight excluding hydrogens is 290 g/mol. The van der Waals surface area contributed by atoms with Gasteiger partial charge in [-0.25, -0.2) is 0 Å². The third-order valence-electron chi connectivity index (χ3n) is 4.40. The van der Waals surface area contributed by atoms with E-state index in [-0.39, 0.29) is 0 Å². The molecular formula is C23H33N. The summed E-state index contributed by atoms with van der Waals surface area (Å²) in [6, 6.07) is 17.8. The highest BCUT2D eigenvalue weighted by Gasteiger charge is 2.08. The zero-order chi connectivity index (χ0) is 17.4. The van der Waals surface area contributed by atoms with E-state index in [9.17, 15) is 0 Å². The number of hydrogen-bond donors (Lipinski definition) is 1. The number of aryl methyl sites for hydroxylation is 2. The van der Waals surface area contributed by atoms with Gasteiger partial charge in [-0.3, -0.25) is 0 Å². The maximum absolute atomic E-state index is 3.55. The Morgan fingerprint density at radius 2 is 1.50 bits per heavy atom. The second kappa shape index (κ2) is 9.03. The van der Waals surface area contributed by atoms with Crippen LogP contribution in [0.2, 0.25) is 0 Å². The molecule has 130 valence electrons. The first kappa shape index (κ1) is 18.7. The summed E-state index contributed by atoms with van der Waals surface area (Å²) >= 11 is 0. The molecule has 0 aliphatic heterocycles. The second-order valence-electron chi connectivity index (χ2n) is 8.11. The molecule has 0 bridgehead atoms. The Morgan fingerprint density at radius 1 is 0.833 bits per heavy atom. The van der Waals surface area contributed by atoms with Crippen LogP contribution in [0.25, 0.3) is 0 Å². The van der Waals surface area contributed by atoms with E-state index in [2.05, 4.69) is 81.5 Å². The molecule has 0 saturated carbocycles. The summed E-state index contributed by atoms with van der Waals surface area (Å²) in [5, 5.41) is 3.55. The first-order valence-corrected chi connectivity index (χ1v) is 9.27. The number of unbranched alkanes of at least 4 members (excludes halogenated alkanes) is 1. The molecule has 0 saturated heterocycles. The molecule has 0 heterocycles. The Hall–Kier alpha value is -1.60. The molecule has 1 heteroatoms. The second-order valence-corrected chi connectivity index (χ2v) is 8.11. The molecule has 0 fully saturated rings. The van der Waals surface area contributed by atoms with Crippen molar-refractivity contribution in [3.05, 3.63) is 70.8 Å². The zero-order valence-electron chi connectivity index (χ0n) is 15.9. The smallest absolute Gasteiger partial charge is 0.0000126 e. The van der Waals surface area contributed by atoms with Crippen LogP contribution in [0, 0.1) is 12.3 Å². The van der Waals surface area contributed by atoms with Crippen molar-refractivity contribution in [2.24, 2.45) is 5.41 Å². The van der Waals surface area contributed by atoms with Crippen LogP contribution in [0.5, 0.6) is 0 Å². The van der Waals surface area contributed by atoms with Gasteiger partial charge in [-0.15, -0.1) is 0 Å². The summed E-state index contributed by atoms with van der Waals surface area (Å²) in [6.07, 6.45) is 4.72. The van der Waals surface area contributed by atoms with Gasteiger partial charge < -0.3 is 5.32 Å². The highest BCUT2D eigenvalue weighted by molar-refractivity contribution is 5.33. The van der Waals surface area contributed by atoms with Gasteiger partial charge in [-0.1, -0.05) is 69.3 Å². The van der Waals surface area contributed by atoms with Crippen LogP contribution in [0.1, 0.15) is 55.9 Å². The van der Waals surface area contributed by atoms with Crippen LogP contribution in [-0.2, 0) is 12.8 Å². The largest absolute Gasteiger partial charge is 0.316 e. The third-order valence-corrected chi connectivity index (χ3v) is 4.40. The van der Waals surface area contributed by atoms with Gasteiger partial charge >= 0.3 is 0 Å². The van der Waals surface area contributed by atoms with Crippen molar-refractivity contribution in [3.8, 4) is 0 Å². The standard InChI is InChI=1S/C23H33N/c1-19-9-5-6-11-22(19)17-21-14-12-20(13-15-21)10-7-8-16-24-18-23(2,3)4/h5-6,9,11-15,24H,7-8,10,16-18H2,1-4H3. The minimum atomic E-state index is 0.382. The van der Waals surface area contributed by atoms with E-state index in [1.54, 1.807) is 0 Å². The van der Waals surface area contributed by atoms with Crippen molar-refractivity contribution in [1.82, 2.24) is 5.32 Å². The summed E-state index contributed by atoms with van der Waals surface area (Å²) in [5.74, 6) is 0. The quantitative estimate of drug-likeness (QED) is 0.629. The van der Waals surface area contributed by atoms with E-state index in [1.165, 1.54) is 41.5 Å². The van der Waals surface area contributed by atoms with E-state index >= 15 is 0 Å². The minimum absolute atomic E-state index is 0.382. The van der Waals surface area contributed by atoms with Crippen LogP contribution in [-0.4, -0.2) is 13.1 Å². The Morgan fingerprint density at radius 3 is 2.17 bits per heavy atom. The maximum atomic E-state index is 3.55. The van der Waals surface area contributed by atoms with E-state index in [0.717, 1.165) is 19.5 Å². The summed E-state index contributed by atoms with van der Waals surface area (Å²) in [7, 11) is 0. The molecule has 24 heavy (non-hydrogen) atoms. The molecule has 1 N–H and O–H groups in total. The fourth-order valence-corrected chi connectivity index (χ4v) is 2.89. The van der Waals surface area contributed by atoms with Crippen molar-refractivity contribution < 1.29 is 0 Å². The van der Waals surface area contributed by atoms with Crippen molar-refractivity contribution in [3.63, 3.8) is 0 Å². The Bertz CT molecular complexity index is 605. The summed E-state index contributed by atoms with van der Waals surface area (Å²) in [5.41, 5.74) is 6.05. The molecule has 0 aromatic heterocycles. The molecule has 0 spiro atoms. The molecule has 0 amide bonds. The lowest BCUT2D eigenvalue weighted by Crippen LogP contribution is -2.27. The van der Waals surface area contributed by atoms with Crippen LogP contribution < -0.4 is 5.32 Å². The van der Waals surface area contributed by atoms with Crippen molar-refractivity contribution in [2.75, 3.05) is 13.1 Å². The molecule has 0 aliphatic rings. The lowest BCUT2D eigenvalue weighted by molar-refractivity contribution is 0.378. The van der Waals surface area contributed by atoms with Gasteiger partial charge in [0.05, 0.1) is 0 Å². The van der Waals surface area contributed by atoms with Crippen LogP contribution in [0.3, 0.4) is 0 Å². The Labute approximate surface area is 148 Å². The summed E-state index contributed by atoms with van der Waals surface area (Å²) < 4.78 is 0. The average molecular weight is 324 g/mol. The van der Waals surface area contributed by atoms with E-state index in [1.807, 2.05) is 0 Å². The van der Waals surface area contributed by atoms with Crippen LogP contribution >= 0.6 is 0 Å². The Balaban J connectivity index is 1.71. The SMILES string of the molecule is Cc1ccccc1Cc1ccc(CCCCNCC(C)(C)C)cc1. The van der Waals surface area contributed by atoms with Gasteiger partial charge in [0, 0.05) is 0 Å². The van der Waals surface area contributed by atoms with Gasteiger partial charge in [0.1, 0.15) is 0 Å². The fourth-order valence-electron chi connectivity index (χ4n) is 2.89. The third kappa shape index (κ3) is 6.88. The first-order chi connectivity index (χ1) is 11.4. The number of hydrogen-bond acceptors (Lipinski definition) is 1. The summed E-state index contributed by atoms with van der Waals surface area (Å²) in [4.78, 5) is 0. The highest BCUT2D eigenvalue weighted by Crippen LogP contribution is 2.15. The number of rotatable bonds is 8. The molecule has 0 atom stereocenters. The van der Waals surface area contributed by atoms with E-state index < -0.39 is 0 Å². The van der Waals surface area contributed by atoms with Gasteiger partial charge in [-0.05, 0) is 73.4 Å².